The molecular formula is C17H20F2N4O3S. The summed E-state index contributed by atoms with van der Waals surface area (Å²) in [6.07, 6.45) is 3.11. The first-order chi connectivity index (χ1) is 12.8. The van der Waals surface area contributed by atoms with Crippen LogP contribution < -0.4 is 0 Å². The zero-order valence-electron chi connectivity index (χ0n) is 14.8. The molecule has 7 nitrogen and oxygen atoms in total. The molecule has 2 heterocycles. The molecule has 3 rings (SSSR count). The van der Waals surface area contributed by atoms with Crippen LogP contribution in [0.25, 0.3) is 0 Å². The highest BCUT2D eigenvalue weighted by Gasteiger charge is 2.29. The number of carbonyl (C=O) groups is 1. The van der Waals surface area contributed by atoms with Crippen molar-refractivity contribution in [1.82, 2.24) is 18.8 Å². The number of aromatic nitrogens is 2. The third kappa shape index (κ3) is 4.33. The first-order valence-electron chi connectivity index (χ1n) is 8.47. The molecule has 146 valence electrons. The molecule has 1 aliphatic heterocycles. The van der Waals surface area contributed by atoms with Crippen LogP contribution >= 0.6 is 0 Å². The summed E-state index contributed by atoms with van der Waals surface area (Å²) in [5.74, 6) is -1.79. The second-order valence-corrected chi connectivity index (χ2v) is 8.31. The lowest BCUT2D eigenvalue weighted by atomic mass is 10.1. The maximum absolute atomic E-state index is 13.8. The molecule has 0 saturated carbocycles. The fraction of sp³-hybridized carbons (Fsp3) is 0.412. The minimum absolute atomic E-state index is 0.0295. The van der Waals surface area contributed by atoms with E-state index in [0.29, 0.717) is 13.0 Å². The zero-order valence-corrected chi connectivity index (χ0v) is 15.6. The van der Waals surface area contributed by atoms with Gasteiger partial charge < -0.3 is 9.47 Å². The van der Waals surface area contributed by atoms with Crippen LogP contribution in [0.15, 0.2) is 35.7 Å². The molecule has 0 aliphatic carbocycles. The average Bonchev–Trinajstić information content (AvgIpc) is 2.90. The molecule has 1 aromatic heterocycles. The number of sulfonamides is 1. The summed E-state index contributed by atoms with van der Waals surface area (Å²) in [5.41, 5.74) is 0.114. The predicted molar refractivity (Wildman–Crippen MR) is 93.2 cm³/mol. The summed E-state index contributed by atoms with van der Waals surface area (Å²) in [7, 11) is -2.04. The maximum Gasteiger partial charge on any atom is 0.262 e. The van der Waals surface area contributed by atoms with Crippen LogP contribution in [0.1, 0.15) is 12.0 Å². The molecule has 1 saturated heterocycles. The summed E-state index contributed by atoms with van der Waals surface area (Å²) in [6.45, 7) is 0.980. The summed E-state index contributed by atoms with van der Waals surface area (Å²) >= 11 is 0. The van der Waals surface area contributed by atoms with Crippen LogP contribution in [0, 0.1) is 11.6 Å². The Bertz CT molecular complexity index is 945. The lowest BCUT2D eigenvalue weighted by Gasteiger charge is -2.21. The predicted octanol–water partition coefficient (Wildman–Crippen LogP) is 1.16. The summed E-state index contributed by atoms with van der Waals surface area (Å²) in [5, 5.41) is -0.0295. The number of imidazole rings is 1. The van der Waals surface area contributed by atoms with Crippen LogP contribution in [-0.2, 0) is 28.3 Å². The van der Waals surface area contributed by atoms with Gasteiger partial charge in [0.25, 0.3) is 10.0 Å². The van der Waals surface area contributed by atoms with Crippen LogP contribution in [-0.4, -0.2) is 59.3 Å². The van der Waals surface area contributed by atoms with Gasteiger partial charge in [-0.25, -0.2) is 22.2 Å². The summed E-state index contributed by atoms with van der Waals surface area (Å²) in [6, 6.07) is 3.10. The molecule has 1 aromatic carbocycles. The molecular weight excluding hydrogens is 378 g/mol. The summed E-state index contributed by atoms with van der Waals surface area (Å²) < 4.78 is 54.9. The van der Waals surface area contributed by atoms with Gasteiger partial charge in [0.05, 0.1) is 12.7 Å². The van der Waals surface area contributed by atoms with Gasteiger partial charge in [-0.2, -0.15) is 4.31 Å². The third-order valence-electron chi connectivity index (χ3n) is 4.45. The van der Waals surface area contributed by atoms with E-state index in [1.165, 1.54) is 27.8 Å². The molecule has 1 fully saturated rings. The van der Waals surface area contributed by atoms with Crippen molar-refractivity contribution in [2.24, 2.45) is 7.05 Å². The summed E-state index contributed by atoms with van der Waals surface area (Å²) in [4.78, 5) is 17.9. The van der Waals surface area contributed by atoms with Crippen molar-refractivity contribution in [2.75, 3.05) is 26.2 Å². The van der Waals surface area contributed by atoms with Crippen molar-refractivity contribution in [1.29, 1.82) is 0 Å². The van der Waals surface area contributed by atoms with Gasteiger partial charge in [0.2, 0.25) is 5.91 Å². The number of amides is 1. The molecule has 0 radical (unpaired) electrons. The van der Waals surface area contributed by atoms with Crippen molar-refractivity contribution in [3.05, 3.63) is 47.9 Å². The molecule has 0 N–H and O–H groups in total. The number of halogens is 2. The second kappa shape index (κ2) is 7.73. The van der Waals surface area contributed by atoms with Gasteiger partial charge in [-0.15, -0.1) is 0 Å². The van der Waals surface area contributed by atoms with Gasteiger partial charge in [0.15, 0.2) is 5.03 Å². The van der Waals surface area contributed by atoms with E-state index in [1.54, 1.807) is 11.6 Å². The van der Waals surface area contributed by atoms with Crippen LogP contribution in [0.4, 0.5) is 8.78 Å². The topological polar surface area (TPSA) is 75.5 Å². The minimum atomic E-state index is -3.72. The van der Waals surface area contributed by atoms with Crippen LogP contribution in [0.3, 0.4) is 0 Å². The van der Waals surface area contributed by atoms with E-state index in [2.05, 4.69) is 4.98 Å². The fourth-order valence-electron chi connectivity index (χ4n) is 2.98. The van der Waals surface area contributed by atoms with E-state index in [-0.39, 0.29) is 42.6 Å². The van der Waals surface area contributed by atoms with E-state index in [0.717, 1.165) is 12.1 Å². The van der Waals surface area contributed by atoms with Crippen LogP contribution in [0.2, 0.25) is 0 Å². The SMILES string of the molecule is Cn1cnc(S(=O)(=O)N2CCCN(C(=O)Cc3ccc(F)cc3F)CC2)c1. The third-order valence-corrected chi connectivity index (χ3v) is 6.23. The number of hydrogen-bond donors (Lipinski definition) is 0. The Morgan fingerprint density at radius 1 is 1.19 bits per heavy atom. The molecule has 0 spiro atoms. The molecule has 1 amide bonds. The van der Waals surface area contributed by atoms with E-state index in [4.69, 9.17) is 0 Å². The number of aryl methyl sites for hydroxylation is 1. The lowest BCUT2D eigenvalue weighted by molar-refractivity contribution is -0.130. The Balaban J connectivity index is 1.66. The normalized spacial score (nSPS) is 16.3. The molecule has 0 unspecified atom stereocenters. The Morgan fingerprint density at radius 3 is 2.63 bits per heavy atom. The van der Waals surface area contributed by atoms with Gasteiger partial charge in [0.1, 0.15) is 11.6 Å². The van der Waals surface area contributed by atoms with Crippen molar-refractivity contribution < 1.29 is 22.0 Å². The second-order valence-electron chi connectivity index (χ2n) is 6.43. The molecule has 10 heteroatoms. The van der Waals surface area contributed by atoms with Gasteiger partial charge >= 0.3 is 0 Å². The average molecular weight is 398 g/mol. The Kier molecular flexibility index (Phi) is 5.56. The first kappa shape index (κ1) is 19.4. The number of rotatable bonds is 4. The Hall–Kier alpha value is -2.33. The molecule has 0 bridgehead atoms. The van der Waals surface area contributed by atoms with Gasteiger partial charge in [0, 0.05) is 45.5 Å². The highest BCUT2D eigenvalue weighted by Crippen LogP contribution is 2.17. The smallest absolute Gasteiger partial charge is 0.262 e. The van der Waals surface area contributed by atoms with E-state index in [9.17, 15) is 22.0 Å². The first-order valence-corrected chi connectivity index (χ1v) is 9.91. The highest BCUT2D eigenvalue weighted by atomic mass is 32.2. The molecule has 2 aromatic rings. The maximum atomic E-state index is 13.8. The van der Waals surface area contributed by atoms with Crippen molar-refractivity contribution >= 4 is 15.9 Å². The van der Waals surface area contributed by atoms with Crippen molar-refractivity contribution in [3.63, 3.8) is 0 Å². The van der Waals surface area contributed by atoms with Gasteiger partial charge in [-0.05, 0) is 18.1 Å². The fourth-order valence-corrected chi connectivity index (χ4v) is 4.41. The lowest BCUT2D eigenvalue weighted by Crippen LogP contribution is -2.38. The quantitative estimate of drug-likeness (QED) is 0.775. The minimum Gasteiger partial charge on any atom is -0.341 e. The highest BCUT2D eigenvalue weighted by molar-refractivity contribution is 7.89. The molecule has 27 heavy (non-hydrogen) atoms. The van der Waals surface area contributed by atoms with Crippen molar-refractivity contribution in [3.8, 4) is 0 Å². The Labute approximate surface area is 156 Å². The van der Waals surface area contributed by atoms with Crippen molar-refractivity contribution in [2.45, 2.75) is 17.9 Å². The molecule has 1 aliphatic rings. The van der Waals surface area contributed by atoms with E-state index in [1.807, 2.05) is 0 Å². The van der Waals surface area contributed by atoms with Crippen LogP contribution in [0.5, 0.6) is 0 Å². The number of hydrogen-bond acceptors (Lipinski definition) is 4. The standard InChI is InChI=1S/C17H20F2N4O3S/c1-21-11-16(20-12-21)27(25,26)23-6-2-5-22(7-8-23)17(24)9-13-3-4-14(18)10-15(13)19/h3-4,10-12H,2,5-9H2,1H3. The number of nitrogens with zero attached hydrogens (tertiary/aromatic N) is 4. The monoisotopic (exact) mass is 398 g/mol. The largest absolute Gasteiger partial charge is 0.341 e. The van der Waals surface area contributed by atoms with Gasteiger partial charge in [-0.3, -0.25) is 4.79 Å². The Morgan fingerprint density at radius 2 is 1.96 bits per heavy atom. The zero-order chi connectivity index (χ0) is 19.6. The van der Waals surface area contributed by atoms with Gasteiger partial charge in [-0.1, -0.05) is 6.07 Å². The number of benzene rings is 1. The number of carbonyl (C=O) groups excluding carboxylic acids is 1. The van der Waals surface area contributed by atoms with E-state index >= 15 is 0 Å². The molecule has 0 atom stereocenters. The van der Waals surface area contributed by atoms with E-state index < -0.39 is 21.7 Å².